The summed E-state index contributed by atoms with van der Waals surface area (Å²) in [4.78, 5) is 15.3. The Kier molecular flexibility index (Phi) is 4.30. The van der Waals surface area contributed by atoms with Crippen LogP contribution in [0.4, 0.5) is 4.39 Å². The molecule has 2 N–H and O–H groups in total. The number of ketones is 1. The summed E-state index contributed by atoms with van der Waals surface area (Å²) in [6.07, 6.45) is 2.30. The third kappa shape index (κ3) is 3.07. The van der Waals surface area contributed by atoms with E-state index < -0.39 is 0 Å². The van der Waals surface area contributed by atoms with Crippen molar-refractivity contribution in [1.82, 2.24) is 10.3 Å². The number of hydrogen-bond acceptors (Lipinski definition) is 2. The van der Waals surface area contributed by atoms with Gasteiger partial charge in [-0.05, 0) is 30.7 Å². The summed E-state index contributed by atoms with van der Waals surface area (Å²) in [6, 6.07) is 14.4. The maximum absolute atomic E-state index is 13.5. The molecule has 3 aromatic rings. The molecule has 3 rings (SSSR count). The van der Waals surface area contributed by atoms with Crippen LogP contribution < -0.4 is 5.32 Å². The Morgan fingerprint density at radius 2 is 1.86 bits per heavy atom. The molecule has 0 spiro atoms. The Morgan fingerprint density at radius 3 is 2.73 bits per heavy atom. The molecule has 0 amide bonds. The van der Waals surface area contributed by atoms with Crippen molar-refractivity contribution in [2.75, 3.05) is 13.1 Å². The van der Waals surface area contributed by atoms with Crippen LogP contribution in [0.5, 0.6) is 0 Å². The molecule has 0 atom stereocenters. The SMILES string of the molecule is O=C(CNCCc1ccccc1F)c1c[nH]c2ccccc12. The topological polar surface area (TPSA) is 44.9 Å². The Labute approximate surface area is 128 Å². The second-order valence-electron chi connectivity index (χ2n) is 5.19. The van der Waals surface area contributed by atoms with E-state index in [0.717, 1.165) is 10.9 Å². The highest BCUT2D eigenvalue weighted by Crippen LogP contribution is 2.17. The molecule has 0 radical (unpaired) electrons. The molecule has 0 fully saturated rings. The van der Waals surface area contributed by atoms with E-state index in [1.54, 1.807) is 18.3 Å². The first kappa shape index (κ1) is 14.5. The lowest BCUT2D eigenvalue weighted by Gasteiger charge is -2.05. The predicted molar refractivity (Wildman–Crippen MR) is 85.6 cm³/mol. The molecular formula is C18H17FN2O. The van der Waals surface area contributed by atoms with Gasteiger partial charge in [0.05, 0.1) is 6.54 Å². The van der Waals surface area contributed by atoms with Gasteiger partial charge in [0.15, 0.2) is 5.78 Å². The number of Topliss-reactive ketones (excluding diaryl/α,β-unsaturated/α-hetero) is 1. The first-order chi connectivity index (χ1) is 10.8. The second kappa shape index (κ2) is 6.54. The zero-order valence-electron chi connectivity index (χ0n) is 12.1. The van der Waals surface area contributed by atoms with Crippen LogP contribution in [0.2, 0.25) is 0 Å². The van der Waals surface area contributed by atoms with Gasteiger partial charge in [-0.1, -0.05) is 36.4 Å². The third-order valence-corrected chi connectivity index (χ3v) is 3.70. The number of aromatic amines is 1. The van der Waals surface area contributed by atoms with Crippen molar-refractivity contribution in [2.24, 2.45) is 0 Å². The van der Waals surface area contributed by atoms with Crippen molar-refractivity contribution < 1.29 is 9.18 Å². The number of hydrogen-bond donors (Lipinski definition) is 2. The van der Waals surface area contributed by atoms with Crippen LogP contribution >= 0.6 is 0 Å². The van der Waals surface area contributed by atoms with Crippen molar-refractivity contribution in [2.45, 2.75) is 6.42 Å². The van der Waals surface area contributed by atoms with Crippen LogP contribution in [0.15, 0.2) is 54.7 Å². The van der Waals surface area contributed by atoms with Crippen molar-refractivity contribution in [3.05, 3.63) is 71.7 Å². The fourth-order valence-corrected chi connectivity index (χ4v) is 2.52. The average Bonchev–Trinajstić information content (AvgIpc) is 2.97. The average molecular weight is 296 g/mol. The van der Waals surface area contributed by atoms with Crippen LogP contribution in [0, 0.1) is 5.82 Å². The summed E-state index contributed by atoms with van der Waals surface area (Å²) in [6.45, 7) is 0.811. The minimum atomic E-state index is -0.202. The molecule has 0 bridgehead atoms. The molecule has 1 aromatic heterocycles. The minimum Gasteiger partial charge on any atom is -0.360 e. The number of fused-ring (bicyclic) bond motifs is 1. The highest BCUT2D eigenvalue weighted by molar-refractivity contribution is 6.08. The van der Waals surface area contributed by atoms with Crippen LogP contribution in [0.1, 0.15) is 15.9 Å². The van der Waals surface area contributed by atoms with Crippen LogP contribution in [-0.4, -0.2) is 23.9 Å². The van der Waals surface area contributed by atoms with E-state index in [1.165, 1.54) is 6.07 Å². The summed E-state index contributed by atoms with van der Waals surface area (Å²) in [5.41, 5.74) is 2.31. The Balaban J connectivity index is 1.56. The molecule has 0 aliphatic rings. The zero-order valence-corrected chi connectivity index (χ0v) is 12.1. The van der Waals surface area contributed by atoms with Crippen LogP contribution in [-0.2, 0) is 6.42 Å². The van der Waals surface area contributed by atoms with Crippen molar-refractivity contribution >= 4 is 16.7 Å². The van der Waals surface area contributed by atoms with Gasteiger partial charge < -0.3 is 10.3 Å². The molecule has 4 heteroatoms. The number of carbonyl (C=O) groups is 1. The largest absolute Gasteiger partial charge is 0.360 e. The first-order valence-electron chi connectivity index (χ1n) is 7.29. The highest BCUT2D eigenvalue weighted by Gasteiger charge is 2.11. The molecule has 3 nitrogen and oxygen atoms in total. The molecule has 22 heavy (non-hydrogen) atoms. The number of rotatable bonds is 6. The van der Waals surface area contributed by atoms with Gasteiger partial charge >= 0.3 is 0 Å². The highest BCUT2D eigenvalue weighted by atomic mass is 19.1. The van der Waals surface area contributed by atoms with E-state index in [2.05, 4.69) is 10.3 Å². The smallest absolute Gasteiger partial charge is 0.178 e. The van der Waals surface area contributed by atoms with E-state index >= 15 is 0 Å². The summed E-state index contributed by atoms with van der Waals surface area (Å²) in [5, 5.41) is 4.02. The maximum atomic E-state index is 13.5. The second-order valence-corrected chi connectivity index (χ2v) is 5.19. The number of halogens is 1. The fraction of sp³-hybridized carbons (Fsp3) is 0.167. The van der Waals surface area contributed by atoms with Gasteiger partial charge in [0.2, 0.25) is 0 Å². The van der Waals surface area contributed by atoms with Gasteiger partial charge in [-0.3, -0.25) is 4.79 Å². The molecule has 112 valence electrons. The van der Waals surface area contributed by atoms with Crippen molar-refractivity contribution in [1.29, 1.82) is 0 Å². The molecule has 0 saturated carbocycles. The lowest BCUT2D eigenvalue weighted by atomic mass is 10.1. The fourth-order valence-electron chi connectivity index (χ4n) is 2.52. The number of nitrogens with one attached hydrogen (secondary N) is 2. The van der Waals surface area contributed by atoms with E-state index in [9.17, 15) is 9.18 Å². The molecule has 1 heterocycles. The van der Waals surface area contributed by atoms with Gasteiger partial charge in [0.25, 0.3) is 0 Å². The van der Waals surface area contributed by atoms with Gasteiger partial charge in [-0.15, -0.1) is 0 Å². The number of H-pyrrole nitrogens is 1. The Bertz CT molecular complexity index is 794. The number of aromatic nitrogens is 1. The van der Waals surface area contributed by atoms with Gasteiger partial charge in [-0.25, -0.2) is 4.39 Å². The Hall–Kier alpha value is -2.46. The van der Waals surface area contributed by atoms with E-state index in [4.69, 9.17) is 0 Å². The summed E-state index contributed by atoms with van der Waals surface area (Å²) >= 11 is 0. The zero-order chi connectivity index (χ0) is 15.4. The van der Waals surface area contributed by atoms with Crippen LogP contribution in [0.3, 0.4) is 0 Å². The summed E-state index contributed by atoms with van der Waals surface area (Å²) in [7, 11) is 0. The lowest BCUT2D eigenvalue weighted by Crippen LogP contribution is -2.25. The first-order valence-corrected chi connectivity index (χ1v) is 7.29. The van der Waals surface area contributed by atoms with E-state index in [0.29, 0.717) is 24.1 Å². The van der Waals surface area contributed by atoms with Crippen LogP contribution in [0.25, 0.3) is 10.9 Å². The Morgan fingerprint density at radius 1 is 1.09 bits per heavy atom. The van der Waals surface area contributed by atoms with Gasteiger partial charge in [-0.2, -0.15) is 0 Å². The predicted octanol–water partition coefficient (Wildman–Crippen LogP) is 3.32. The molecular weight excluding hydrogens is 279 g/mol. The number of carbonyl (C=O) groups excluding carboxylic acids is 1. The maximum Gasteiger partial charge on any atom is 0.178 e. The third-order valence-electron chi connectivity index (χ3n) is 3.70. The number of benzene rings is 2. The molecule has 0 aliphatic heterocycles. The van der Waals surface area contributed by atoms with Crippen molar-refractivity contribution in [3.8, 4) is 0 Å². The van der Waals surface area contributed by atoms with Gasteiger partial charge in [0.1, 0.15) is 5.82 Å². The molecule has 0 saturated heterocycles. The summed E-state index contributed by atoms with van der Waals surface area (Å²) in [5.74, 6) is -0.168. The minimum absolute atomic E-state index is 0.0333. The standard InChI is InChI=1S/C18H17FN2O/c19-16-7-3-1-5-13(16)9-10-20-12-18(22)15-11-21-17-8-4-2-6-14(15)17/h1-8,11,20-21H,9-10,12H2. The molecule has 2 aromatic carbocycles. The summed E-state index contributed by atoms with van der Waals surface area (Å²) < 4.78 is 13.5. The number of para-hydroxylation sites is 1. The van der Waals surface area contributed by atoms with E-state index in [-0.39, 0.29) is 18.1 Å². The van der Waals surface area contributed by atoms with Gasteiger partial charge in [0, 0.05) is 22.7 Å². The van der Waals surface area contributed by atoms with Crippen molar-refractivity contribution in [3.63, 3.8) is 0 Å². The lowest BCUT2D eigenvalue weighted by molar-refractivity contribution is 0.0993. The van der Waals surface area contributed by atoms with E-state index in [1.807, 2.05) is 30.3 Å². The quantitative estimate of drug-likeness (QED) is 0.541. The normalized spacial score (nSPS) is 11.0. The monoisotopic (exact) mass is 296 g/mol. The molecule has 0 unspecified atom stereocenters. The molecule has 0 aliphatic carbocycles.